The molecular formula is C16H15ClFNO2. The average molecular weight is 308 g/mol. The van der Waals surface area contributed by atoms with Gasteiger partial charge in [-0.3, -0.25) is 4.79 Å². The Balaban J connectivity index is 2.27. The molecule has 2 aromatic rings. The van der Waals surface area contributed by atoms with Crippen molar-refractivity contribution in [2.24, 2.45) is 0 Å². The minimum Gasteiger partial charge on any atom is -0.395 e. The van der Waals surface area contributed by atoms with Gasteiger partial charge in [-0.1, -0.05) is 48.0 Å². The van der Waals surface area contributed by atoms with Gasteiger partial charge >= 0.3 is 0 Å². The first kappa shape index (κ1) is 15.5. The van der Waals surface area contributed by atoms with Crippen molar-refractivity contribution in [2.75, 3.05) is 13.2 Å². The van der Waals surface area contributed by atoms with Crippen LogP contribution in [-0.2, 0) is 6.54 Å². The molecule has 1 amide bonds. The van der Waals surface area contributed by atoms with E-state index in [9.17, 15) is 9.18 Å². The van der Waals surface area contributed by atoms with Gasteiger partial charge in [0.05, 0.1) is 17.2 Å². The monoisotopic (exact) mass is 307 g/mol. The lowest BCUT2D eigenvalue weighted by Gasteiger charge is -2.22. The van der Waals surface area contributed by atoms with Crippen molar-refractivity contribution >= 4 is 17.5 Å². The van der Waals surface area contributed by atoms with Gasteiger partial charge in [0.25, 0.3) is 5.91 Å². The summed E-state index contributed by atoms with van der Waals surface area (Å²) in [5.74, 6) is -1.19. The van der Waals surface area contributed by atoms with Crippen molar-refractivity contribution in [1.82, 2.24) is 4.90 Å². The van der Waals surface area contributed by atoms with E-state index in [2.05, 4.69) is 0 Å². The summed E-state index contributed by atoms with van der Waals surface area (Å²) in [6.07, 6.45) is 0. The molecule has 0 radical (unpaired) electrons. The Hall–Kier alpha value is -1.91. The van der Waals surface area contributed by atoms with Crippen LogP contribution in [0, 0.1) is 5.82 Å². The Kier molecular flexibility index (Phi) is 5.31. The first-order chi connectivity index (χ1) is 10.1. The van der Waals surface area contributed by atoms with E-state index < -0.39 is 11.7 Å². The zero-order valence-corrected chi connectivity index (χ0v) is 12.1. The summed E-state index contributed by atoms with van der Waals surface area (Å²) in [6, 6.07) is 13.4. The molecular weight excluding hydrogens is 293 g/mol. The maximum atomic E-state index is 13.8. The summed E-state index contributed by atoms with van der Waals surface area (Å²) < 4.78 is 13.8. The summed E-state index contributed by atoms with van der Waals surface area (Å²) >= 11 is 5.92. The van der Waals surface area contributed by atoms with E-state index in [-0.39, 0.29) is 30.3 Å². The summed E-state index contributed by atoms with van der Waals surface area (Å²) in [6.45, 7) is 0.188. The predicted molar refractivity (Wildman–Crippen MR) is 79.7 cm³/mol. The number of carbonyl (C=O) groups is 1. The highest BCUT2D eigenvalue weighted by molar-refractivity contribution is 6.33. The van der Waals surface area contributed by atoms with Crippen molar-refractivity contribution in [3.63, 3.8) is 0 Å². The molecule has 2 rings (SSSR count). The van der Waals surface area contributed by atoms with Crippen LogP contribution in [0.2, 0.25) is 5.02 Å². The second-order valence-electron chi connectivity index (χ2n) is 4.53. The molecule has 0 aliphatic rings. The van der Waals surface area contributed by atoms with Crippen LogP contribution in [0.4, 0.5) is 4.39 Å². The van der Waals surface area contributed by atoms with Crippen molar-refractivity contribution in [3.05, 3.63) is 70.5 Å². The fourth-order valence-corrected chi connectivity index (χ4v) is 2.28. The average Bonchev–Trinajstić information content (AvgIpc) is 2.47. The minimum absolute atomic E-state index is 0.0657. The quantitative estimate of drug-likeness (QED) is 0.922. The number of halogens is 2. The zero-order chi connectivity index (χ0) is 15.2. The van der Waals surface area contributed by atoms with Gasteiger partial charge in [0.2, 0.25) is 0 Å². The Bertz CT molecular complexity index is 599. The Morgan fingerprint density at radius 1 is 1.14 bits per heavy atom. The lowest BCUT2D eigenvalue weighted by atomic mass is 10.1. The second kappa shape index (κ2) is 7.20. The zero-order valence-electron chi connectivity index (χ0n) is 11.3. The minimum atomic E-state index is -0.663. The maximum absolute atomic E-state index is 13.8. The Morgan fingerprint density at radius 2 is 1.86 bits per heavy atom. The largest absolute Gasteiger partial charge is 0.395 e. The van der Waals surface area contributed by atoms with Crippen molar-refractivity contribution < 1.29 is 14.3 Å². The van der Waals surface area contributed by atoms with Gasteiger partial charge in [0.15, 0.2) is 0 Å². The molecule has 3 nitrogen and oxygen atoms in total. The number of aliphatic hydroxyl groups is 1. The van der Waals surface area contributed by atoms with Gasteiger partial charge in [-0.15, -0.1) is 0 Å². The third-order valence-electron chi connectivity index (χ3n) is 3.05. The van der Waals surface area contributed by atoms with Gasteiger partial charge in [0, 0.05) is 13.1 Å². The molecule has 0 heterocycles. The first-order valence-corrected chi connectivity index (χ1v) is 6.89. The smallest absolute Gasteiger partial charge is 0.258 e. The lowest BCUT2D eigenvalue weighted by molar-refractivity contribution is 0.0703. The Labute approximate surface area is 127 Å². The third-order valence-corrected chi connectivity index (χ3v) is 3.36. The standard InChI is InChI=1S/C16H15ClFNO2/c17-13-7-4-8-14(18)15(13)16(21)19(9-10-20)11-12-5-2-1-3-6-12/h1-8,20H,9-11H2. The highest BCUT2D eigenvalue weighted by Gasteiger charge is 2.21. The van der Waals surface area contributed by atoms with E-state index in [0.29, 0.717) is 0 Å². The van der Waals surface area contributed by atoms with Gasteiger partial charge in [0.1, 0.15) is 5.82 Å². The van der Waals surface area contributed by atoms with Crippen LogP contribution in [0.15, 0.2) is 48.5 Å². The fraction of sp³-hybridized carbons (Fsp3) is 0.188. The van der Waals surface area contributed by atoms with Crippen molar-refractivity contribution in [2.45, 2.75) is 6.54 Å². The molecule has 0 atom stereocenters. The van der Waals surface area contributed by atoms with E-state index in [0.717, 1.165) is 5.56 Å². The molecule has 0 aliphatic heterocycles. The van der Waals surface area contributed by atoms with Crippen LogP contribution in [0.1, 0.15) is 15.9 Å². The molecule has 21 heavy (non-hydrogen) atoms. The van der Waals surface area contributed by atoms with E-state index in [1.54, 1.807) is 0 Å². The summed E-state index contributed by atoms with van der Waals surface area (Å²) in [4.78, 5) is 13.8. The van der Waals surface area contributed by atoms with Crippen LogP contribution in [0.3, 0.4) is 0 Å². The van der Waals surface area contributed by atoms with Gasteiger partial charge in [-0.05, 0) is 17.7 Å². The van der Waals surface area contributed by atoms with E-state index in [4.69, 9.17) is 16.7 Å². The Morgan fingerprint density at radius 3 is 2.48 bits per heavy atom. The number of aliphatic hydroxyl groups excluding tert-OH is 1. The molecule has 0 unspecified atom stereocenters. The first-order valence-electron chi connectivity index (χ1n) is 6.51. The molecule has 0 saturated heterocycles. The molecule has 0 bridgehead atoms. The SMILES string of the molecule is O=C(c1c(F)cccc1Cl)N(CCO)Cc1ccccc1. The van der Waals surface area contributed by atoms with Crippen molar-refractivity contribution in [1.29, 1.82) is 0 Å². The topological polar surface area (TPSA) is 40.5 Å². The molecule has 2 aromatic carbocycles. The number of benzene rings is 2. The number of nitrogens with zero attached hydrogens (tertiary/aromatic N) is 1. The van der Waals surface area contributed by atoms with E-state index in [1.807, 2.05) is 30.3 Å². The number of hydrogen-bond donors (Lipinski definition) is 1. The van der Waals surface area contributed by atoms with Crippen LogP contribution in [0.5, 0.6) is 0 Å². The number of carbonyl (C=O) groups excluding carboxylic acids is 1. The highest BCUT2D eigenvalue weighted by Crippen LogP contribution is 2.21. The highest BCUT2D eigenvalue weighted by atomic mass is 35.5. The lowest BCUT2D eigenvalue weighted by Crippen LogP contribution is -2.33. The number of rotatable bonds is 5. The normalized spacial score (nSPS) is 10.4. The molecule has 110 valence electrons. The molecule has 0 fully saturated rings. The van der Waals surface area contributed by atoms with Crippen molar-refractivity contribution in [3.8, 4) is 0 Å². The molecule has 0 saturated carbocycles. The van der Waals surface area contributed by atoms with Gasteiger partial charge < -0.3 is 10.0 Å². The molecule has 0 aromatic heterocycles. The second-order valence-corrected chi connectivity index (χ2v) is 4.94. The van der Waals surface area contributed by atoms with E-state index >= 15 is 0 Å². The van der Waals surface area contributed by atoms with E-state index in [1.165, 1.54) is 23.1 Å². The van der Waals surface area contributed by atoms with Crippen LogP contribution in [-0.4, -0.2) is 29.1 Å². The summed E-state index contributed by atoms with van der Waals surface area (Å²) in [5.41, 5.74) is 0.732. The predicted octanol–water partition coefficient (Wildman–Crippen LogP) is 3.11. The number of hydrogen-bond acceptors (Lipinski definition) is 2. The summed E-state index contributed by atoms with van der Waals surface area (Å²) in [5, 5.41) is 9.19. The number of amides is 1. The summed E-state index contributed by atoms with van der Waals surface area (Å²) in [7, 11) is 0. The van der Waals surface area contributed by atoms with Crippen LogP contribution >= 0.6 is 11.6 Å². The molecule has 0 spiro atoms. The fourth-order valence-electron chi connectivity index (χ4n) is 2.04. The molecule has 1 N–H and O–H groups in total. The van der Waals surface area contributed by atoms with Crippen LogP contribution < -0.4 is 0 Å². The molecule has 5 heteroatoms. The molecule has 0 aliphatic carbocycles. The third kappa shape index (κ3) is 3.80. The van der Waals surface area contributed by atoms with Gasteiger partial charge in [-0.25, -0.2) is 4.39 Å². The van der Waals surface area contributed by atoms with Crippen LogP contribution in [0.25, 0.3) is 0 Å². The van der Waals surface area contributed by atoms with Gasteiger partial charge in [-0.2, -0.15) is 0 Å². The maximum Gasteiger partial charge on any atom is 0.258 e.